The minimum absolute atomic E-state index is 0.404. The molecular formula is C19H25ClN6S. The van der Waals surface area contributed by atoms with E-state index in [0.717, 1.165) is 52.3 Å². The maximum absolute atomic E-state index is 6.21. The largest absolute Gasteiger partial charge is 0.382 e. The molecule has 0 unspecified atom stereocenters. The van der Waals surface area contributed by atoms with Crippen molar-refractivity contribution in [1.82, 2.24) is 24.8 Å². The van der Waals surface area contributed by atoms with Crippen molar-refractivity contribution in [2.24, 2.45) is 5.92 Å². The van der Waals surface area contributed by atoms with Gasteiger partial charge in [0.15, 0.2) is 22.1 Å². The first-order valence-corrected chi connectivity index (χ1v) is 10.3. The van der Waals surface area contributed by atoms with Crippen LogP contribution in [0.4, 0.5) is 5.82 Å². The minimum Gasteiger partial charge on any atom is -0.382 e. The minimum atomic E-state index is 0.404. The van der Waals surface area contributed by atoms with Crippen LogP contribution in [0.5, 0.6) is 0 Å². The van der Waals surface area contributed by atoms with E-state index in [4.69, 9.17) is 22.3 Å². The Hall–Kier alpha value is -1.83. The Bertz CT molecular complexity index is 904. The molecule has 0 saturated carbocycles. The van der Waals surface area contributed by atoms with Gasteiger partial charge in [-0.1, -0.05) is 37.2 Å². The lowest BCUT2D eigenvalue weighted by atomic mass is 10.2. The Morgan fingerprint density at radius 2 is 2.07 bits per heavy atom. The van der Waals surface area contributed by atoms with Gasteiger partial charge in [0.1, 0.15) is 6.33 Å². The lowest BCUT2D eigenvalue weighted by Crippen LogP contribution is -2.21. The van der Waals surface area contributed by atoms with E-state index >= 15 is 0 Å². The molecule has 0 fully saturated rings. The molecular weight excluding hydrogens is 380 g/mol. The van der Waals surface area contributed by atoms with Gasteiger partial charge in [-0.15, -0.1) is 0 Å². The normalized spacial score (nSPS) is 11.6. The van der Waals surface area contributed by atoms with E-state index in [1.54, 1.807) is 11.8 Å². The monoisotopic (exact) mass is 404 g/mol. The molecule has 1 aromatic carbocycles. The second kappa shape index (κ2) is 8.91. The first kappa shape index (κ1) is 19.9. The lowest BCUT2D eigenvalue weighted by Gasteiger charge is -2.10. The van der Waals surface area contributed by atoms with Crippen LogP contribution < -0.4 is 11.1 Å². The van der Waals surface area contributed by atoms with Gasteiger partial charge in [0.05, 0.1) is 0 Å². The summed E-state index contributed by atoms with van der Waals surface area (Å²) in [6, 6.07) is 5.99. The molecule has 0 bridgehead atoms. The number of benzene rings is 1. The van der Waals surface area contributed by atoms with Gasteiger partial charge < -0.3 is 15.6 Å². The molecule has 6 nitrogen and oxygen atoms in total. The highest BCUT2D eigenvalue weighted by atomic mass is 35.5. The van der Waals surface area contributed by atoms with Gasteiger partial charge in [0.25, 0.3) is 0 Å². The molecule has 8 heteroatoms. The Morgan fingerprint density at radius 1 is 1.26 bits per heavy atom. The highest BCUT2D eigenvalue weighted by Crippen LogP contribution is 2.32. The van der Waals surface area contributed by atoms with Crippen molar-refractivity contribution in [3.63, 3.8) is 0 Å². The van der Waals surface area contributed by atoms with Crippen LogP contribution in [0.15, 0.2) is 34.6 Å². The number of hydrogen-bond acceptors (Lipinski definition) is 6. The Kier molecular flexibility index (Phi) is 6.57. The second-order valence-electron chi connectivity index (χ2n) is 7.00. The molecule has 0 spiro atoms. The molecule has 3 rings (SSSR count). The molecule has 0 amide bonds. The third-order valence-corrected chi connectivity index (χ3v) is 5.22. The van der Waals surface area contributed by atoms with E-state index in [1.807, 2.05) is 19.1 Å². The summed E-state index contributed by atoms with van der Waals surface area (Å²) in [6.45, 7) is 9.21. The summed E-state index contributed by atoms with van der Waals surface area (Å²) in [4.78, 5) is 14.2. The van der Waals surface area contributed by atoms with Crippen molar-refractivity contribution in [1.29, 1.82) is 0 Å². The molecule has 0 radical (unpaired) electrons. The topological polar surface area (TPSA) is 81.7 Å². The van der Waals surface area contributed by atoms with Crippen molar-refractivity contribution in [3.8, 4) is 0 Å². The highest BCUT2D eigenvalue weighted by molar-refractivity contribution is 7.99. The molecule has 0 atom stereocenters. The maximum Gasteiger partial charge on any atom is 0.175 e. The van der Waals surface area contributed by atoms with Crippen molar-refractivity contribution in [3.05, 3.63) is 35.1 Å². The van der Waals surface area contributed by atoms with E-state index in [0.29, 0.717) is 17.3 Å². The molecule has 2 aromatic heterocycles. The van der Waals surface area contributed by atoms with Crippen LogP contribution in [0.1, 0.15) is 25.8 Å². The van der Waals surface area contributed by atoms with Crippen molar-refractivity contribution < 1.29 is 0 Å². The van der Waals surface area contributed by atoms with Gasteiger partial charge >= 0.3 is 0 Å². The van der Waals surface area contributed by atoms with Crippen LogP contribution in [0.3, 0.4) is 0 Å². The smallest absolute Gasteiger partial charge is 0.175 e. The van der Waals surface area contributed by atoms with Crippen LogP contribution in [0.2, 0.25) is 5.02 Å². The summed E-state index contributed by atoms with van der Waals surface area (Å²) in [5.41, 5.74) is 8.55. The average molecular weight is 405 g/mol. The SMILES string of the molecule is Cc1cc(Cl)cc(Sc2nc3c(N)ncnc3n2CCCNCC(C)C)c1. The van der Waals surface area contributed by atoms with E-state index in [2.05, 4.69) is 39.8 Å². The third-order valence-electron chi connectivity index (χ3n) is 4.04. The summed E-state index contributed by atoms with van der Waals surface area (Å²) < 4.78 is 2.12. The molecule has 3 aromatic rings. The van der Waals surface area contributed by atoms with Crippen LogP contribution in [0, 0.1) is 12.8 Å². The Labute approximate surface area is 168 Å². The van der Waals surface area contributed by atoms with Crippen molar-refractivity contribution in [2.45, 2.75) is 43.8 Å². The molecule has 27 heavy (non-hydrogen) atoms. The number of aromatic nitrogens is 4. The number of hydrogen-bond donors (Lipinski definition) is 2. The number of nitrogens with two attached hydrogens (primary N) is 1. The second-order valence-corrected chi connectivity index (χ2v) is 8.47. The van der Waals surface area contributed by atoms with Crippen LogP contribution >= 0.6 is 23.4 Å². The summed E-state index contributed by atoms with van der Waals surface area (Å²) >= 11 is 7.78. The zero-order chi connectivity index (χ0) is 19.4. The van der Waals surface area contributed by atoms with Crippen LogP contribution in [-0.4, -0.2) is 32.6 Å². The van der Waals surface area contributed by atoms with Crippen molar-refractivity contribution in [2.75, 3.05) is 18.8 Å². The highest BCUT2D eigenvalue weighted by Gasteiger charge is 2.16. The number of fused-ring (bicyclic) bond motifs is 1. The summed E-state index contributed by atoms with van der Waals surface area (Å²) in [5, 5.41) is 5.04. The molecule has 144 valence electrons. The van der Waals surface area contributed by atoms with Gasteiger partial charge in [0.2, 0.25) is 0 Å². The van der Waals surface area contributed by atoms with Crippen molar-refractivity contribution >= 4 is 40.3 Å². The van der Waals surface area contributed by atoms with Crippen LogP contribution in [-0.2, 0) is 6.54 Å². The van der Waals surface area contributed by atoms with E-state index in [-0.39, 0.29) is 0 Å². The number of anilines is 1. The number of rotatable bonds is 8. The van der Waals surface area contributed by atoms with E-state index in [9.17, 15) is 0 Å². The number of imidazole rings is 1. The van der Waals surface area contributed by atoms with E-state index < -0.39 is 0 Å². The van der Waals surface area contributed by atoms with E-state index in [1.165, 1.54) is 6.33 Å². The number of halogens is 1. The summed E-state index contributed by atoms with van der Waals surface area (Å²) in [6.07, 6.45) is 2.47. The molecule has 2 heterocycles. The predicted octanol–water partition coefficient (Wildman–Crippen LogP) is 4.16. The standard InChI is InChI=1S/C19H25ClN6S/c1-12(2)10-22-5-4-6-26-18-16(17(21)23-11-24-18)25-19(26)27-15-8-13(3)7-14(20)9-15/h7-9,11-12,22H,4-6,10H2,1-3H3,(H2,21,23,24). The number of nitrogen functional groups attached to an aromatic ring is 1. The average Bonchev–Trinajstić information content (AvgIpc) is 2.92. The summed E-state index contributed by atoms with van der Waals surface area (Å²) in [5.74, 6) is 1.05. The van der Waals surface area contributed by atoms with Gasteiger partial charge in [-0.2, -0.15) is 0 Å². The maximum atomic E-state index is 6.21. The van der Waals surface area contributed by atoms with Crippen LogP contribution in [0.25, 0.3) is 11.2 Å². The molecule has 0 aliphatic heterocycles. The zero-order valence-electron chi connectivity index (χ0n) is 15.9. The fourth-order valence-corrected chi connectivity index (χ4v) is 4.25. The fourth-order valence-electron chi connectivity index (χ4n) is 2.83. The number of nitrogens with zero attached hydrogens (tertiary/aromatic N) is 4. The predicted molar refractivity (Wildman–Crippen MR) is 112 cm³/mol. The molecule has 0 aliphatic rings. The molecule has 0 aliphatic carbocycles. The van der Waals surface area contributed by atoms with Gasteiger partial charge in [-0.3, -0.25) is 0 Å². The molecule has 0 saturated heterocycles. The fraction of sp³-hybridized carbons (Fsp3) is 0.421. The van der Waals surface area contributed by atoms with Gasteiger partial charge in [-0.05, 0) is 56.1 Å². The van der Waals surface area contributed by atoms with Gasteiger partial charge in [0, 0.05) is 16.5 Å². The first-order valence-electron chi connectivity index (χ1n) is 9.06. The zero-order valence-corrected chi connectivity index (χ0v) is 17.4. The number of aryl methyl sites for hydroxylation is 2. The Morgan fingerprint density at radius 3 is 2.81 bits per heavy atom. The number of nitrogens with one attached hydrogen (secondary N) is 1. The quantitative estimate of drug-likeness (QED) is 0.548. The third kappa shape index (κ3) is 5.12. The Balaban J connectivity index is 1.85. The first-order chi connectivity index (χ1) is 12.9. The summed E-state index contributed by atoms with van der Waals surface area (Å²) in [7, 11) is 0. The lowest BCUT2D eigenvalue weighted by molar-refractivity contribution is 0.514. The van der Waals surface area contributed by atoms with Gasteiger partial charge in [-0.25, -0.2) is 15.0 Å². The molecule has 3 N–H and O–H groups in total.